The first-order valence-corrected chi connectivity index (χ1v) is 6.61. The highest BCUT2D eigenvalue weighted by Crippen LogP contribution is 2.21. The average Bonchev–Trinajstić information content (AvgIpc) is 2.89. The summed E-state index contributed by atoms with van der Waals surface area (Å²) in [4.78, 5) is 26.8. The Labute approximate surface area is 109 Å². The van der Waals surface area contributed by atoms with Crippen LogP contribution in [-0.2, 0) is 0 Å². The lowest BCUT2D eigenvalue weighted by Gasteiger charge is -2.15. The summed E-state index contributed by atoms with van der Waals surface area (Å²) in [5, 5.41) is 4.91. The van der Waals surface area contributed by atoms with Crippen molar-refractivity contribution >= 4 is 17.2 Å². The standard InChI is InChI=1S/C13H14N2O2S/c1-2-10(11-4-3-7-18-11)15-13(17)9-5-6-14-12(16)8-9/h3-8,10H,2H2,1H3,(H,14,16)(H,15,17). The van der Waals surface area contributed by atoms with E-state index >= 15 is 0 Å². The lowest BCUT2D eigenvalue weighted by atomic mass is 10.1. The molecule has 0 aromatic carbocycles. The van der Waals surface area contributed by atoms with Crippen molar-refractivity contribution in [2.24, 2.45) is 0 Å². The van der Waals surface area contributed by atoms with Crippen molar-refractivity contribution in [3.05, 3.63) is 56.6 Å². The highest BCUT2D eigenvalue weighted by atomic mass is 32.1. The highest BCUT2D eigenvalue weighted by molar-refractivity contribution is 7.10. The number of carbonyl (C=O) groups is 1. The molecule has 4 nitrogen and oxygen atoms in total. The molecule has 2 aromatic heterocycles. The number of thiophene rings is 1. The summed E-state index contributed by atoms with van der Waals surface area (Å²) in [6.07, 6.45) is 2.29. The lowest BCUT2D eigenvalue weighted by molar-refractivity contribution is 0.0936. The Morgan fingerprint density at radius 2 is 2.33 bits per heavy atom. The van der Waals surface area contributed by atoms with Crippen LogP contribution in [0.2, 0.25) is 0 Å². The second kappa shape index (κ2) is 5.64. The first kappa shape index (κ1) is 12.6. The largest absolute Gasteiger partial charge is 0.344 e. The van der Waals surface area contributed by atoms with Crippen LogP contribution < -0.4 is 10.9 Å². The van der Waals surface area contributed by atoms with Gasteiger partial charge in [-0.25, -0.2) is 0 Å². The number of amides is 1. The molecule has 0 spiro atoms. The number of aromatic amines is 1. The number of hydrogen-bond donors (Lipinski definition) is 2. The third kappa shape index (κ3) is 2.87. The normalized spacial score (nSPS) is 12.1. The Balaban J connectivity index is 2.13. The molecule has 5 heteroatoms. The maximum absolute atomic E-state index is 12.0. The van der Waals surface area contributed by atoms with Gasteiger partial charge in [-0.3, -0.25) is 9.59 Å². The van der Waals surface area contributed by atoms with Crippen LogP contribution in [0.1, 0.15) is 34.6 Å². The molecule has 2 N–H and O–H groups in total. The van der Waals surface area contributed by atoms with Gasteiger partial charge in [-0.15, -0.1) is 11.3 Å². The second-order valence-electron chi connectivity index (χ2n) is 3.89. The van der Waals surface area contributed by atoms with E-state index in [9.17, 15) is 9.59 Å². The Hall–Kier alpha value is -1.88. The van der Waals surface area contributed by atoms with Gasteiger partial charge in [0.25, 0.3) is 5.91 Å². The quantitative estimate of drug-likeness (QED) is 0.888. The zero-order valence-corrected chi connectivity index (χ0v) is 10.8. The fraction of sp³-hybridized carbons (Fsp3) is 0.231. The number of nitrogens with one attached hydrogen (secondary N) is 2. The van der Waals surface area contributed by atoms with Crippen LogP contribution in [-0.4, -0.2) is 10.9 Å². The molecule has 0 saturated carbocycles. The first-order valence-electron chi connectivity index (χ1n) is 5.73. The minimum absolute atomic E-state index is 0.00297. The molecule has 1 unspecified atom stereocenters. The summed E-state index contributed by atoms with van der Waals surface area (Å²) >= 11 is 1.61. The van der Waals surface area contributed by atoms with Crippen molar-refractivity contribution in [3.63, 3.8) is 0 Å². The van der Waals surface area contributed by atoms with E-state index in [1.807, 2.05) is 24.4 Å². The summed E-state index contributed by atoms with van der Waals surface area (Å²) in [6, 6.07) is 6.85. The maximum Gasteiger partial charge on any atom is 0.252 e. The van der Waals surface area contributed by atoms with Gasteiger partial charge in [0.2, 0.25) is 5.56 Å². The van der Waals surface area contributed by atoms with Gasteiger partial charge >= 0.3 is 0 Å². The van der Waals surface area contributed by atoms with Crippen molar-refractivity contribution in [1.82, 2.24) is 10.3 Å². The fourth-order valence-corrected chi connectivity index (χ4v) is 2.55. The molecular formula is C13H14N2O2S. The number of pyridine rings is 1. The molecule has 2 rings (SSSR count). The third-order valence-electron chi connectivity index (χ3n) is 2.64. The van der Waals surface area contributed by atoms with Crippen molar-refractivity contribution in [2.75, 3.05) is 0 Å². The van der Waals surface area contributed by atoms with Gasteiger partial charge in [0.15, 0.2) is 0 Å². The number of rotatable bonds is 4. The molecule has 0 aliphatic rings. The molecular weight excluding hydrogens is 248 g/mol. The summed E-state index contributed by atoms with van der Waals surface area (Å²) in [5.74, 6) is -0.221. The summed E-state index contributed by atoms with van der Waals surface area (Å²) < 4.78 is 0. The molecule has 1 amide bonds. The van der Waals surface area contributed by atoms with Gasteiger partial charge in [0, 0.05) is 22.7 Å². The van der Waals surface area contributed by atoms with E-state index in [4.69, 9.17) is 0 Å². The van der Waals surface area contributed by atoms with Crippen LogP contribution in [0.15, 0.2) is 40.6 Å². The maximum atomic E-state index is 12.0. The molecule has 0 aliphatic carbocycles. The Morgan fingerprint density at radius 1 is 1.50 bits per heavy atom. The van der Waals surface area contributed by atoms with Crippen molar-refractivity contribution in [3.8, 4) is 0 Å². The van der Waals surface area contributed by atoms with Crippen LogP contribution in [0.25, 0.3) is 0 Å². The van der Waals surface area contributed by atoms with Gasteiger partial charge in [-0.05, 0) is 23.9 Å². The molecule has 0 aliphatic heterocycles. The number of carbonyl (C=O) groups excluding carboxylic acids is 1. The van der Waals surface area contributed by atoms with E-state index in [1.165, 1.54) is 12.3 Å². The SMILES string of the molecule is CCC(NC(=O)c1cc[nH]c(=O)c1)c1cccs1. The van der Waals surface area contributed by atoms with Gasteiger partial charge in [0.1, 0.15) is 0 Å². The van der Waals surface area contributed by atoms with E-state index in [0.29, 0.717) is 5.56 Å². The minimum Gasteiger partial charge on any atom is -0.344 e. The van der Waals surface area contributed by atoms with E-state index < -0.39 is 0 Å². The van der Waals surface area contributed by atoms with Gasteiger partial charge in [0.05, 0.1) is 6.04 Å². The molecule has 1 atom stereocenters. The smallest absolute Gasteiger partial charge is 0.252 e. The van der Waals surface area contributed by atoms with Crippen LogP contribution in [0.3, 0.4) is 0 Å². The molecule has 0 radical (unpaired) electrons. The molecule has 2 heterocycles. The second-order valence-corrected chi connectivity index (χ2v) is 4.87. The number of H-pyrrole nitrogens is 1. The van der Waals surface area contributed by atoms with E-state index in [-0.39, 0.29) is 17.5 Å². The molecule has 2 aromatic rings. The highest BCUT2D eigenvalue weighted by Gasteiger charge is 2.14. The Bertz CT molecular complexity index is 575. The molecule has 18 heavy (non-hydrogen) atoms. The van der Waals surface area contributed by atoms with Crippen LogP contribution >= 0.6 is 11.3 Å². The van der Waals surface area contributed by atoms with Crippen LogP contribution in [0, 0.1) is 0 Å². The van der Waals surface area contributed by atoms with E-state index in [2.05, 4.69) is 10.3 Å². The number of hydrogen-bond acceptors (Lipinski definition) is 3. The number of aromatic nitrogens is 1. The first-order chi connectivity index (χ1) is 8.70. The van der Waals surface area contributed by atoms with Crippen molar-refractivity contribution < 1.29 is 4.79 Å². The predicted octanol–water partition coefficient (Wildman–Crippen LogP) is 2.32. The zero-order valence-electron chi connectivity index (χ0n) is 9.97. The van der Waals surface area contributed by atoms with Gasteiger partial charge in [-0.1, -0.05) is 13.0 Å². The van der Waals surface area contributed by atoms with Crippen molar-refractivity contribution in [2.45, 2.75) is 19.4 Å². The summed E-state index contributed by atoms with van der Waals surface area (Å²) in [7, 11) is 0. The van der Waals surface area contributed by atoms with Crippen molar-refractivity contribution in [1.29, 1.82) is 0 Å². The average molecular weight is 262 g/mol. The molecule has 0 saturated heterocycles. The molecule has 94 valence electrons. The zero-order chi connectivity index (χ0) is 13.0. The van der Waals surface area contributed by atoms with Gasteiger partial charge in [-0.2, -0.15) is 0 Å². The van der Waals surface area contributed by atoms with Crippen LogP contribution in [0.5, 0.6) is 0 Å². The molecule has 0 fully saturated rings. The molecule has 0 bridgehead atoms. The minimum atomic E-state index is -0.271. The summed E-state index contributed by atoms with van der Waals surface area (Å²) in [6.45, 7) is 2.02. The van der Waals surface area contributed by atoms with E-state index in [0.717, 1.165) is 11.3 Å². The lowest BCUT2D eigenvalue weighted by Crippen LogP contribution is -2.28. The van der Waals surface area contributed by atoms with Crippen LogP contribution in [0.4, 0.5) is 0 Å². The monoisotopic (exact) mass is 262 g/mol. The third-order valence-corrected chi connectivity index (χ3v) is 3.62. The summed E-state index contributed by atoms with van der Waals surface area (Å²) in [5.41, 5.74) is 0.112. The van der Waals surface area contributed by atoms with Gasteiger partial charge < -0.3 is 10.3 Å². The fourth-order valence-electron chi connectivity index (χ4n) is 1.69. The predicted molar refractivity (Wildman–Crippen MR) is 71.9 cm³/mol. The Morgan fingerprint density at radius 3 is 2.94 bits per heavy atom. The van der Waals surface area contributed by atoms with E-state index in [1.54, 1.807) is 17.4 Å². The Kier molecular flexibility index (Phi) is 3.94. The topological polar surface area (TPSA) is 62.0 Å².